The summed E-state index contributed by atoms with van der Waals surface area (Å²) in [6, 6.07) is 9.35. The number of hydrogen-bond donors (Lipinski definition) is 1. The molecule has 0 aliphatic heterocycles. The van der Waals surface area contributed by atoms with E-state index >= 15 is 0 Å². The van der Waals surface area contributed by atoms with Crippen molar-refractivity contribution < 1.29 is 17.9 Å². The smallest absolute Gasteiger partial charge is 0.264 e. The van der Waals surface area contributed by atoms with Crippen LogP contribution < -0.4 is 9.46 Å². The van der Waals surface area contributed by atoms with Gasteiger partial charge in [0.1, 0.15) is 5.75 Å². The molecule has 0 radical (unpaired) electrons. The van der Waals surface area contributed by atoms with E-state index in [1.807, 2.05) is 4.72 Å². The molecule has 0 spiro atoms. The fraction of sp³-hybridized carbons (Fsp3) is 0.125. The third kappa shape index (κ3) is 4.40. The van der Waals surface area contributed by atoms with Crippen LogP contribution in [0.25, 0.3) is 5.57 Å². The van der Waals surface area contributed by atoms with Crippen molar-refractivity contribution in [2.75, 3.05) is 7.11 Å². The number of ether oxygens (including phenoxy) is 1. The van der Waals surface area contributed by atoms with Crippen molar-refractivity contribution in [3.63, 3.8) is 0 Å². The van der Waals surface area contributed by atoms with Gasteiger partial charge in [0.25, 0.3) is 15.9 Å². The van der Waals surface area contributed by atoms with E-state index in [1.165, 1.54) is 31.4 Å². The van der Waals surface area contributed by atoms with Crippen LogP contribution in [0.2, 0.25) is 0 Å². The van der Waals surface area contributed by atoms with Gasteiger partial charge < -0.3 is 4.74 Å². The number of aromatic nitrogens is 1. The molecular formula is C16H16N2O4S. The van der Waals surface area contributed by atoms with Crippen LogP contribution in [0, 0.1) is 0 Å². The zero-order valence-corrected chi connectivity index (χ0v) is 13.5. The summed E-state index contributed by atoms with van der Waals surface area (Å²) in [4.78, 5) is 15.8. The minimum Gasteiger partial charge on any atom is -0.497 e. The molecule has 0 aliphatic carbocycles. The maximum Gasteiger partial charge on any atom is 0.264 e. The molecule has 0 unspecified atom stereocenters. The second-order valence-corrected chi connectivity index (χ2v) is 6.39. The molecule has 0 aliphatic rings. The third-order valence-electron chi connectivity index (χ3n) is 3.07. The third-order valence-corrected chi connectivity index (χ3v) is 4.41. The van der Waals surface area contributed by atoms with Crippen LogP contribution >= 0.6 is 0 Å². The second kappa shape index (κ2) is 7.06. The monoisotopic (exact) mass is 332 g/mol. The van der Waals surface area contributed by atoms with Gasteiger partial charge in [0, 0.05) is 24.5 Å². The highest BCUT2D eigenvalue weighted by molar-refractivity contribution is 7.90. The summed E-state index contributed by atoms with van der Waals surface area (Å²) in [5.74, 6) is -0.328. The number of sulfonamides is 1. The molecule has 1 amide bonds. The van der Waals surface area contributed by atoms with Crippen molar-refractivity contribution in [1.82, 2.24) is 9.71 Å². The number of methoxy groups -OCH3 is 1. The molecule has 1 aromatic carbocycles. The van der Waals surface area contributed by atoms with Gasteiger partial charge in [-0.1, -0.05) is 6.07 Å². The fourth-order valence-electron chi connectivity index (χ4n) is 1.88. The first-order valence-electron chi connectivity index (χ1n) is 6.72. The summed E-state index contributed by atoms with van der Waals surface area (Å²) in [5, 5.41) is 0. The minimum atomic E-state index is -3.96. The summed E-state index contributed by atoms with van der Waals surface area (Å²) in [5.41, 5.74) is 1.42. The molecule has 1 aromatic heterocycles. The Hall–Kier alpha value is -2.67. The second-order valence-electron chi connectivity index (χ2n) is 4.71. The molecule has 1 N–H and O–H groups in total. The Morgan fingerprint density at radius 3 is 2.57 bits per heavy atom. The van der Waals surface area contributed by atoms with Crippen molar-refractivity contribution in [3.05, 3.63) is 60.4 Å². The lowest BCUT2D eigenvalue weighted by Gasteiger charge is -2.07. The highest BCUT2D eigenvalue weighted by Gasteiger charge is 2.17. The Bertz CT molecular complexity index is 830. The SMILES string of the molecule is COc1cccc(S(=O)(=O)NC(=O)/C=C(\C)c2ccncc2)c1. The predicted molar refractivity (Wildman–Crippen MR) is 86.2 cm³/mol. The van der Waals surface area contributed by atoms with E-state index in [1.54, 1.807) is 37.5 Å². The topological polar surface area (TPSA) is 85.4 Å². The molecular weight excluding hydrogens is 316 g/mol. The van der Waals surface area contributed by atoms with Crippen LogP contribution in [0.1, 0.15) is 12.5 Å². The zero-order chi connectivity index (χ0) is 16.9. The molecule has 7 heteroatoms. The number of allylic oxidation sites excluding steroid dienone is 1. The van der Waals surface area contributed by atoms with Gasteiger partial charge in [-0.2, -0.15) is 0 Å². The van der Waals surface area contributed by atoms with E-state index in [2.05, 4.69) is 4.98 Å². The van der Waals surface area contributed by atoms with Gasteiger partial charge in [0.2, 0.25) is 0 Å². The number of benzene rings is 1. The largest absolute Gasteiger partial charge is 0.497 e. The summed E-state index contributed by atoms with van der Waals surface area (Å²) in [7, 11) is -2.52. The Morgan fingerprint density at radius 1 is 1.22 bits per heavy atom. The average molecular weight is 332 g/mol. The molecule has 0 saturated carbocycles. The normalized spacial score (nSPS) is 11.8. The molecule has 2 aromatic rings. The quantitative estimate of drug-likeness (QED) is 0.847. The number of pyridine rings is 1. The van der Waals surface area contributed by atoms with E-state index in [0.29, 0.717) is 11.3 Å². The highest BCUT2D eigenvalue weighted by Crippen LogP contribution is 2.17. The molecule has 23 heavy (non-hydrogen) atoms. The lowest BCUT2D eigenvalue weighted by atomic mass is 10.1. The Kier molecular flexibility index (Phi) is 5.13. The number of amides is 1. The number of nitrogens with zero attached hydrogens (tertiary/aromatic N) is 1. The van der Waals surface area contributed by atoms with Gasteiger partial charge in [0.05, 0.1) is 12.0 Å². The summed E-state index contributed by atoms with van der Waals surface area (Å²) in [6.07, 6.45) is 4.42. The number of hydrogen-bond acceptors (Lipinski definition) is 5. The van der Waals surface area contributed by atoms with E-state index < -0.39 is 15.9 Å². The van der Waals surface area contributed by atoms with Crippen LogP contribution in [-0.2, 0) is 14.8 Å². The summed E-state index contributed by atoms with van der Waals surface area (Å²) < 4.78 is 31.4. The minimum absolute atomic E-state index is 0.0415. The molecule has 120 valence electrons. The van der Waals surface area contributed by atoms with Gasteiger partial charge in [-0.05, 0) is 42.3 Å². The van der Waals surface area contributed by atoms with Gasteiger partial charge in [-0.25, -0.2) is 13.1 Å². The Morgan fingerprint density at radius 2 is 1.91 bits per heavy atom. The lowest BCUT2D eigenvalue weighted by molar-refractivity contribution is -0.114. The first-order valence-corrected chi connectivity index (χ1v) is 8.20. The maximum absolute atomic E-state index is 12.2. The first kappa shape index (κ1) is 16.7. The zero-order valence-electron chi connectivity index (χ0n) is 12.7. The molecule has 0 saturated heterocycles. The van der Waals surface area contributed by atoms with Crippen LogP contribution in [-0.4, -0.2) is 26.4 Å². The van der Waals surface area contributed by atoms with Crippen molar-refractivity contribution in [1.29, 1.82) is 0 Å². The first-order chi connectivity index (χ1) is 10.9. The van der Waals surface area contributed by atoms with E-state index in [0.717, 1.165) is 5.56 Å². The average Bonchev–Trinajstić information content (AvgIpc) is 2.55. The standard InChI is InChI=1S/C16H16N2O4S/c1-12(13-6-8-17-9-7-13)10-16(19)18-23(20,21)15-5-3-4-14(11-15)22-2/h3-11H,1-2H3,(H,18,19)/b12-10+. The van der Waals surface area contributed by atoms with Crippen molar-refractivity contribution in [3.8, 4) is 5.75 Å². The molecule has 1 heterocycles. The Balaban J connectivity index is 2.18. The van der Waals surface area contributed by atoms with Crippen LogP contribution in [0.4, 0.5) is 0 Å². The molecule has 0 fully saturated rings. The number of rotatable bonds is 5. The molecule has 2 rings (SSSR count). The Labute approximate surface area is 134 Å². The van der Waals surface area contributed by atoms with Gasteiger partial charge in [-0.3, -0.25) is 9.78 Å². The number of nitrogens with one attached hydrogen (secondary N) is 1. The van der Waals surface area contributed by atoms with Crippen molar-refractivity contribution in [2.45, 2.75) is 11.8 Å². The lowest BCUT2D eigenvalue weighted by Crippen LogP contribution is -2.29. The van der Waals surface area contributed by atoms with Crippen LogP contribution in [0.3, 0.4) is 0 Å². The summed E-state index contributed by atoms with van der Waals surface area (Å²) >= 11 is 0. The van der Waals surface area contributed by atoms with Crippen LogP contribution in [0.15, 0.2) is 59.8 Å². The molecule has 6 nitrogen and oxygen atoms in total. The van der Waals surface area contributed by atoms with Crippen molar-refractivity contribution >= 4 is 21.5 Å². The van der Waals surface area contributed by atoms with Gasteiger partial charge in [-0.15, -0.1) is 0 Å². The number of carbonyl (C=O) groups is 1. The van der Waals surface area contributed by atoms with Crippen molar-refractivity contribution in [2.24, 2.45) is 0 Å². The van der Waals surface area contributed by atoms with Gasteiger partial charge >= 0.3 is 0 Å². The number of carbonyl (C=O) groups excluding carboxylic acids is 1. The molecule has 0 bridgehead atoms. The van der Waals surface area contributed by atoms with E-state index in [4.69, 9.17) is 4.74 Å². The maximum atomic E-state index is 12.2. The van der Waals surface area contributed by atoms with Gasteiger partial charge in [0.15, 0.2) is 0 Å². The van der Waals surface area contributed by atoms with E-state index in [9.17, 15) is 13.2 Å². The highest BCUT2D eigenvalue weighted by atomic mass is 32.2. The molecule has 0 atom stereocenters. The predicted octanol–water partition coefficient (Wildman–Crippen LogP) is 2.00. The van der Waals surface area contributed by atoms with E-state index in [-0.39, 0.29) is 4.90 Å². The summed E-state index contributed by atoms with van der Waals surface area (Å²) in [6.45, 7) is 1.72. The fourth-order valence-corrected chi connectivity index (χ4v) is 2.85. The van der Waals surface area contributed by atoms with Crippen LogP contribution in [0.5, 0.6) is 5.75 Å².